The number of halogens is 1. The Hall–Kier alpha value is -2.01. The molecule has 0 spiro atoms. The van der Waals surface area contributed by atoms with Crippen LogP contribution in [-0.4, -0.2) is 46.5 Å². The van der Waals surface area contributed by atoms with E-state index >= 15 is 0 Å². The summed E-state index contributed by atoms with van der Waals surface area (Å²) in [5.41, 5.74) is 1.74. The van der Waals surface area contributed by atoms with E-state index in [1.807, 2.05) is 35.5 Å². The Morgan fingerprint density at radius 3 is 2.59 bits per heavy atom. The molecule has 0 bridgehead atoms. The molecule has 0 saturated carbocycles. The first-order chi connectivity index (χ1) is 13.2. The van der Waals surface area contributed by atoms with Gasteiger partial charge in [-0.3, -0.25) is 4.79 Å². The van der Waals surface area contributed by atoms with Gasteiger partial charge in [-0.05, 0) is 50.8 Å². The minimum absolute atomic E-state index is 0.0853. The summed E-state index contributed by atoms with van der Waals surface area (Å²) >= 11 is 6.49. The lowest BCUT2D eigenvalue weighted by atomic mass is 9.95. The number of hydrogen-bond acceptors (Lipinski definition) is 3. The van der Waals surface area contributed by atoms with E-state index in [-0.39, 0.29) is 5.91 Å². The second-order valence-electron chi connectivity index (χ2n) is 7.50. The lowest BCUT2D eigenvalue weighted by molar-refractivity contribution is 0.0710. The summed E-state index contributed by atoms with van der Waals surface area (Å²) in [5, 5.41) is 0.683. The molecule has 0 radical (unpaired) electrons. The van der Waals surface area contributed by atoms with Gasteiger partial charge in [0.05, 0.1) is 10.7 Å². The minimum Gasteiger partial charge on any atom is -0.370 e. The van der Waals surface area contributed by atoms with Crippen LogP contribution in [0.4, 0.5) is 5.69 Å². The molecule has 0 atom stereocenters. The van der Waals surface area contributed by atoms with Gasteiger partial charge in [0, 0.05) is 56.6 Å². The Bertz CT molecular complexity index is 804. The van der Waals surface area contributed by atoms with Crippen LogP contribution in [0, 0.1) is 0 Å². The normalized spacial score (nSPS) is 18.3. The van der Waals surface area contributed by atoms with Crippen molar-refractivity contribution < 1.29 is 4.79 Å². The molecule has 27 heavy (non-hydrogen) atoms. The van der Waals surface area contributed by atoms with Crippen LogP contribution in [0.3, 0.4) is 0 Å². The number of likely N-dealkylation sites (tertiary alicyclic amines) is 1. The van der Waals surface area contributed by atoms with Crippen LogP contribution in [0.5, 0.6) is 0 Å². The molecule has 6 heteroatoms. The van der Waals surface area contributed by atoms with Crippen LogP contribution in [0.1, 0.15) is 54.7 Å². The summed E-state index contributed by atoms with van der Waals surface area (Å²) in [4.78, 5) is 21.7. The van der Waals surface area contributed by atoms with Crippen LogP contribution >= 0.6 is 11.6 Å². The fraction of sp³-hybridized carbons (Fsp3) is 0.524. The number of piperidine rings is 1. The number of imidazole rings is 1. The zero-order chi connectivity index (χ0) is 18.8. The molecule has 2 aliphatic rings. The van der Waals surface area contributed by atoms with E-state index in [4.69, 9.17) is 11.6 Å². The number of carbonyl (C=O) groups excluding carboxylic acids is 1. The van der Waals surface area contributed by atoms with E-state index < -0.39 is 0 Å². The molecule has 2 saturated heterocycles. The summed E-state index contributed by atoms with van der Waals surface area (Å²) in [6.07, 6.45) is 8.26. The molecule has 0 N–H and O–H groups in total. The van der Waals surface area contributed by atoms with Gasteiger partial charge in [0.15, 0.2) is 0 Å². The van der Waals surface area contributed by atoms with Crippen molar-refractivity contribution in [1.29, 1.82) is 0 Å². The molecule has 4 rings (SSSR count). The van der Waals surface area contributed by atoms with Crippen LogP contribution in [0.2, 0.25) is 5.02 Å². The van der Waals surface area contributed by atoms with Crippen LogP contribution in [0.15, 0.2) is 30.6 Å². The number of benzene rings is 1. The summed E-state index contributed by atoms with van der Waals surface area (Å²) in [5.74, 6) is 1.68. The van der Waals surface area contributed by atoms with Gasteiger partial charge in [0.2, 0.25) is 0 Å². The highest BCUT2D eigenvalue weighted by molar-refractivity contribution is 6.33. The summed E-state index contributed by atoms with van der Waals surface area (Å²) in [6.45, 7) is 6.72. The van der Waals surface area contributed by atoms with Crippen LogP contribution in [0.25, 0.3) is 0 Å². The number of rotatable bonds is 4. The third-order valence-corrected chi connectivity index (χ3v) is 6.18. The van der Waals surface area contributed by atoms with Gasteiger partial charge in [-0.25, -0.2) is 4.98 Å². The Morgan fingerprint density at radius 1 is 1.19 bits per heavy atom. The van der Waals surface area contributed by atoms with E-state index in [0.29, 0.717) is 16.5 Å². The number of nitrogens with zero attached hydrogens (tertiary/aromatic N) is 4. The number of hydrogen-bond donors (Lipinski definition) is 0. The predicted molar refractivity (Wildman–Crippen MR) is 109 cm³/mol. The number of carbonyl (C=O) groups is 1. The van der Waals surface area contributed by atoms with E-state index in [0.717, 1.165) is 57.1 Å². The largest absolute Gasteiger partial charge is 0.370 e. The third kappa shape index (κ3) is 3.70. The first kappa shape index (κ1) is 18.4. The van der Waals surface area contributed by atoms with Gasteiger partial charge in [-0.15, -0.1) is 0 Å². The van der Waals surface area contributed by atoms with E-state index in [1.54, 1.807) is 0 Å². The number of amides is 1. The first-order valence-electron chi connectivity index (χ1n) is 10.0. The molecule has 1 aromatic carbocycles. The highest BCUT2D eigenvalue weighted by atomic mass is 35.5. The number of aromatic nitrogens is 2. The highest BCUT2D eigenvalue weighted by Gasteiger charge is 2.27. The average molecular weight is 387 g/mol. The van der Waals surface area contributed by atoms with Crippen molar-refractivity contribution in [3.63, 3.8) is 0 Å². The molecule has 0 aliphatic carbocycles. The van der Waals surface area contributed by atoms with Gasteiger partial charge < -0.3 is 14.4 Å². The predicted octanol–water partition coefficient (Wildman–Crippen LogP) is 4.18. The lowest BCUT2D eigenvalue weighted by Crippen LogP contribution is -2.38. The molecule has 1 aromatic heterocycles. The fourth-order valence-electron chi connectivity index (χ4n) is 4.33. The number of anilines is 1. The maximum Gasteiger partial charge on any atom is 0.253 e. The second-order valence-corrected chi connectivity index (χ2v) is 7.91. The minimum atomic E-state index is 0.0853. The average Bonchev–Trinajstić information content (AvgIpc) is 3.39. The fourth-order valence-corrected chi connectivity index (χ4v) is 4.63. The molecule has 0 unspecified atom stereocenters. The zero-order valence-electron chi connectivity index (χ0n) is 15.9. The van der Waals surface area contributed by atoms with Crippen molar-refractivity contribution in [2.75, 3.05) is 31.1 Å². The topological polar surface area (TPSA) is 41.4 Å². The maximum atomic E-state index is 12.9. The Morgan fingerprint density at radius 2 is 1.93 bits per heavy atom. The molecule has 3 heterocycles. The monoisotopic (exact) mass is 386 g/mol. The number of aryl methyl sites for hydroxylation is 1. The van der Waals surface area contributed by atoms with E-state index in [9.17, 15) is 4.79 Å². The van der Waals surface area contributed by atoms with Crippen LogP contribution in [-0.2, 0) is 6.54 Å². The van der Waals surface area contributed by atoms with Crippen molar-refractivity contribution in [2.45, 2.75) is 45.1 Å². The van der Waals surface area contributed by atoms with E-state index in [2.05, 4.69) is 21.4 Å². The van der Waals surface area contributed by atoms with Gasteiger partial charge >= 0.3 is 0 Å². The van der Waals surface area contributed by atoms with Gasteiger partial charge in [-0.1, -0.05) is 11.6 Å². The molecule has 5 nitrogen and oxygen atoms in total. The van der Waals surface area contributed by atoms with Crippen LogP contribution < -0.4 is 4.90 Å². The smallest absolute Gasteiger partial charge is 0.253 e. The third-order valence-electron chi connectivity index (χ3n) is 5.88. The standard InChI is InChI=1S/C21H27ClN4O/c1-2-24-14-9-23-20(24)16-7-12-26(13-8-16)21(27)17-5-6-19(18(22)15-17)25-10-3-4-11-25/h5-6,9,14-16H,2-4,7-8,10-13H2,1H3. The van der Waals surface area contributed by atoms with Crippen molar-refractivity contribution in [3.05, 3.63) is 47.0 Å². The van der Waals surface area contributed by atoms with E-state index in [1.165, 1.54) is 12.8 Å². The lowest BCUT2D eigenvalue weighted by Gasteiger charge is -2.32. The second kappa shape index (κ2) is 7.93. The Labute approximate surface area is 165 Å². The van der Waals surface area contributed by atoms with Gasteiger partial charge in [0.1, 0.15) is 5.82 Å². The van der Waals surface area contributed by atoms with Gasteiger partial charge in [0.25, 0.3) is 5.91 Å². The maximum absolute atomic E-state index is 12.9. The molecular formula is C21H27ClN4O. The molecular weight excluding hydrogens is 360 g/mol. The molecule has 2 aromatic rings. The van der Waals surface area contributed by atoms with Crippen molar-refractivity contribution in [2.24, 2.45) is 0 Å². The summed E-state index contributed by atoms with van der Waals surface area (Å²) in [6, 6.07) is 5.77. The summed E-state index contributed by atoms with van der Waals surface area (Å²) in [7, 11) is 0. The van der Waals surface area contributed by atoms with Crippen molar-refractivity contribution in [1.82, 2.24) is 14.5 Å². The molecule has 2 fully saturated rings. The van der Waals surface area contributed by atoms with Crippen molar-refractivity contribution in [3.8, 4) is 0 Å². The Balaban J connectivity index is 1.41. The molecule has 2 aliphatic heterocycles. The molecule has 1 amide bonds. The Kier molecular flexibility index (Phi) is 5.39. The van der Waals surface area contributed by atoms with Crippen molar-refractivity contribution >= 4 is 23.2 Å². The zero-order valence-corrected chi connectivity index (χ0v) is 16.7. The summed E-state index contributed by atoms with van der Waals surface area (Å²) < 4.78 is 2.21. The van der Waals surface area contributed by atoms with Gasteiger partial charge in [-0.2, -0.15) is 0 Å². The SMILES string of the molecule is CCn1ccnc1C1CCN(C(=O)c2ccc(N3CCCC3)c(Cl)c2)CC1. The molecule has 144 valence electrons. The first-order valence-corrected chi connectivity index (χ1v) is 10.4. The highest BCUT2D eigenvalue weighted by Crippen LogP contribution is 2.31. The quantitative estimate of drug-likeness (QED) is 0.791.